The van der Waals surface area contributed by atoms with E-state index in [1.165, 1.54) is 57.1 Å². The Hall–Kier alpha value is -1.05. The maximum atomic E-state index is 4.25. The molecule has 0 amide bonds. The van der Waals surface area contributed by atoms with Crippen LogP contribution >= 0.6 is 0 Å². The molecule has 0 aliphatic heterocycles. The summed E-state index contributed by atoms with van der Waals surface area (Å²) in [5.41, 5.74) is 4.22. The maximum absolute atomic E-state index is 4.25. The number of rotatable bonds is 2. The van der Waals surface area contributed by atoms with Gasteiger partial charge < -0.3 is 4.90 Å². The van der Waals surface area contributed by atoms with Crippen LogP contribution in [0.15, 0.2) is 28.4 Å². The van der Waals surface area contributed by atoms with Crippen LogP contribution in [0.25, 0.3) is 0 Å². The standard InChI is InChI=1S/C22H34N2/c1-21-13-6-5-7-16(21)8-9-17-18-10-11-20(24(4)15-23-3)22(18,2)14-12-19(17)21/h8,11,15,17-19H,5-7,9-10,12-14H2,1-4H3. The Balaban J connectivity index is 1.64. The maximum Gasteiger partial charge on any atom is 0.0885 e. The third-order valence-electron chi connectivity index (χ3n) is 8.23. The van der Waals surface area contributed by atoms with Gasteiger partial charge in [0.15, 0.2) is 0 Å². The zero-order valence-corrected chi connectivity index (χ0v) is 16.0. The molecule has 0 heterocycles. The molecule has 0 aromatic rings. The molecule has 0 spiro atoms. The van der Waals surface area contributed by atoms with Crippen LogP contribution in [0.4, 0.5) is 0 Å². The first-order valence-corrected chi connectivity index (χ1v) is 10.1. The van der Waals surface area contributed by atoms with Crippen LogP contribution < -0.4 is 0 Å². The van der Waals surface area contributed by atoms with Gasteiger partial charge >= 0.3 is 0 Å². The quantitative estimate of drug-likeness (QED) is 0.376. The van der Waals surface area contributed by atoms with Crippen LogP contribution in [-0.2, 0) is 0 Å². The Labute approximate surface area is 148 Å². The van der Waals surface area contributed by atoms with Crippen molar-refractivity contribution in [2.45, 2.75) is 65.2 Å². The van der Waals surface area contributed by atoms with Crippen LogP contribution in [0.5, 0.6) is 0 Å². The number of allylic oxidation sites excluding steroid dienone is 4. The molecule has 0 saturated heterocycles. The first kappa shape index (κ1) is 16.4. The van der Waals surface area contributed by atoms with Gasteiger partial charge in [-0.25, -0.2) is 0 Å². The average Bonchev–Trinajstić information content (AvgIpc) is 2.92. The molecule has 4 rings (SSSR count). The molecule has 0 bridgehead atoms. The molecule has 132 valence electrons. The highest BCUT2D eigenvalue weighted by Gasteiger charge is 2.56. The molecule has 0 N–H and O–H groups in total. The van der Waals surface area contributed by atoms with E-state index in [-0.39, 0.29) is 0 Å². The minimum atomic E-state index is 0.355. The number of hydrogen-bond acceptors (Lipinski definition) is 1. The Morgan fingerprint density at radius 2 is 1.92 bits per heavy atom. The second-order valence-electron chi connectivity index (χ2n) is 9.23. The van der Waals surface area contributed by atoms with E-state index < -0.39 is 0 Å². The molecule has 2 saturated carbocycles. The summed E-state index contributed by atoms with van der Waals surface area (Å²) in [7, 11) is 4.06. The Bertz CT molecular complexity index is 601. The predicted octanol–water partition coefficient (Wildman–Crippen LogP) is 5.42. The Morgan fingerprint density at radius 3 is 2.71 bits per heavy atom. The highest BCUT2D eigenvalue weighted by molar-refractivity contribution is 5.58. The van der Waals surface area contributed by atoms with Gasteiger partial charge in [0, 0.05) is 25.2 Å². The van der Waals surface area contributed by atoms with E-state index in [0.717, 1.165) is 17.8 Å². The predicted molar refractivity (Wildman–Crippen MR) is 102 cm³/mol. The van der Waals surface area contributed by atoms with Crippen molar-refractivity contribution < 1.29 is 0 Å². The normalized spacial score (nSPS) is 44.4. The summed E-state index contributed by atoms with van der Waals surface area (Å²) in [6.45, 7) is 5.14. The molecule has 2 nitrogen and oxygen atoms in total. The molecule has 4 aliphatic rings. The van der Waals surface area contributed by atoms with Gasteiger partial charge in [-0.05, 0) is 68.1 Å². The molecule has 0 aromatic carbocycles. The van der Waals surface area contributed by atoms with Crippen molar-refractivity contribution in [1.29, 1.82) is 0 Å². The lowest BCUT2D eigenvalue weighted by molar-refractivity contribution is -0.0214. The van der Waals surface area contributed by atoms with E-state index in [1.807, 2.05) is 19.0 Å². The van der Waals surface area contributed by atoms with Crippen LogP contribution in [0.3, 0.4) is 0 Å². The van der Waals surface area contributed by atoms with Crippen LogP contribution in [0.1, 0.15) is 65.2 Å². The summed E-state index contributed by atoms with van der Waals surface area (Å²) in [6, 6.07) is 0. The van der Waals surface area contributed by atoms with E-state index in [1.54, 1.807) is 0 Å². The van der Waals surface area contributed by atoms with Gasteiger partial charge in [0.1, 0.15) is 0 Å². The van der Waals surface area contributed by atoms with Crippen molar-refractivity contribution in [3.05, 3.63) is 23.4 Å². The van der Waals surface area contributed by atoms with Crippen molar-refractivity contribution in [2.75, 3.05) is 14.1 Å². The van der Waals surface area contributed by atoms with Crippen molar-refractivity contribution >= 4 is 6.34 Å². The minimum Gasteiger partial charge on any atom is -0.339 e. The zero-order chi connectivity index (χ0) is 16.9. The number of hydrogen-bond donors (Lipinski definition) is 0. The second-order valence-corrected chi connectivity index (χ2v) is 9.23. The smallest absolute Gasteiger partial charge is 0.0885 e. The molecule has 5 atom stereocenters. The van der Waals surface area contributed by atoms with Crippen molar-refractivity contribution in [2.24, 2.45) is 33.6 Å². The number of nitrogens with zero attached hydrogens (tertiary/aromatic N) is 2. The number of fused-ring (bicyclic) bond motifs is 5. The summed E-state index contributed by atoms with van der Waals surface area (Å²) < 4.78 is 0. The van der Waals surface area contributed by atoms with Gasteiger partial charge in [-0.3, -0.25) is 4.99 Å². The largest absolute Gasteiger partial charge is 0.339 e. The minimum absolute atomic E-state index is 0.355. The van der Waals surface area contributed by atoms with Gasteiger partial charge in [-0.1, -0.05) is 38.0 Å². The molecule has 4 aliphatic carbocycles. The molecule has 5 unspecified atom stereocenters. The number of aliphatic imine (C=N–C) groups is 1. The van der Waals surface area contributed by atoms with Crippen LogP contribution in [-0.4, -0.2) is 25.3 Å². The summed E-state index contributed by atoms with van der Waals surface area (Å²) in [5.74, 6) is 2.64. The van der Waals surface area contributed by atoms with Gasteiger partial charge in [0.05, 0.1) is 6.34 Å². The van der Waals surface area contributed by atoms with Gasteiger partial charge in [-0.15, -0.1) is 0 Å². The molecule has 0 aromatic heterocycles. The lowest BCUT2D eigenvalue weighted by atomic mass is 9.48. The van der Waals surface area contributed by atoms with E-state index in [4.69, 9.17) is 0 Å². The molecule has 0 radical (unpaired) electrons. The highest BCUT2D eigenvalue weighted by atomic mass is 15.1. The summed E-state index contributed by atoms with van der Waals surface area (Å²) >= 11 is 0. The first-order chi connectivity index (χ1) is 11.5. The molecular weight excluding hydrogens is 292 g/mol. The second kappa shape index (κ2) is 5.75. The van der Waals surface area contributed by atoms with Crippen LogP contribution in [0.2, 0.25) is 0 Å². The topological polar surface area (TPSA) is 15.6 Å². The van der Waals surface area contributed by atoms with E-state index in [0.29, 0.717) is 10.8 Å². The van der Waals surface area contributed by atoms with E-state index >= 15 is 0 Å². The van der Waals surface area contributed by atoms with Gasteiger partial charge in [-0.2, -0.15) is 0 Å². The molecule has 24 heavy (non-hydrogen) atoms. The third kappa shape index (κ3) is 2.17. The fraction of sp³-hybridized carbons (Fsp3) is 0.773. The van der Waals surface area contributed by atoms with Crippen molar-refractivity contribution in [3.8, 4) is 0 Å². The lowest BCUT2D eigenvalue weighted by Crippen LogP contribution is -2.49. The highest BCUT2D eigenvalue weighted by Crippen LogP contribution is 2.65. The van der Waals surface area contributed by atoms with Crippen molar-refractivity contribution in [1.82, 2.24) is 4.90 Å². The SMILES string of the molecule is CN=CN(C)C1=CCC2C3CC=C4CCCCC4(C)C3CCC12C. The fourth-order valence-corrected chi connectivity index (χ4v) is 7.03. The van der Waals surface area contributed by atoms with E-state index in [2.05, 4.69) is 42.9 Å². The monoisotopic (exact) mass is 326 g/mol. The first-order valence-electron chi connectivity index (χ1n) is 10.1. The summed E-state index contributed by atoms with van der Waals surface area (Å²) in [6.07, 6.45) is 18.2. The average molecular weight is 327 g/mol. The summed E-state index contributed by atoms with van der Waals surface area (Å²) in [5, 5.41) is 0. The van der Waals surface area contributed by atoms with Crippen molar-refractivity contribution in [3.63, 3.8) is 0 Å². The molecule has 2 heteroatoms. The Kier molecular flexibility index (Phi) is 3.93. The van der Waals surface area contributed by atoms with E-state index in [9.17, 15) is 0 Å². The third-order valence-corrected chi connectivity index (χ3v) is 8.23. The molecule has 2 fully saturated rings. The summed E-state index contributed by atoms with van der Waals surface area (Å²) in [4.78, 5) is 6.53. The van der Waals surface area contributed by atoms with Crippen LogP contribution in [0, 0.1) is 28.6 Å². The Morgan fingerprint density at radius 1 is 1.08 bits per heavy atom. The van der Waals surface area contributed by atoms with Gasteiger partial charge in [0.2, 0.25) is 0 Å². The fourth-order valence-electron chi connectivity index (χ4n) is 7.03. The molecular formula is C22H34N2. The van der Waals surface area contributed by atoms with Gasteiger partial charge in [0.25, 0.3) is 0 Å². The zero-order valence-electron chi connectivity index (χ0n) is 16.0. The lowest BCUT2D eigenvalue weighted by Gasteiger charge is -2.57.